The Kier molecular flexibility index (Phi) is 55.9. The van der Waals surface area contributed by atoms with Crippen LogP contribution in [0.15, 0.2) is 0 Å². The highest BCUT2D eigenvalue weighted by Gasteiger charge is 2.47. The largest absolute Gasteiger partial charge is 0.472 e. The van der Waals surface area contributed by atoms with Crippen LogP contribution in [0, 0.1) is 23.2 Å². The molecular formula is C67H134NO38P5. The predicted molar refractivity (Wildman–Crippen MR) is 398 cm³/mol. The number of rotatable bonds is 70. The molecule has 0 aromatic carbocycles. The van der Waals surface area contributed by atoms with Crippen LogP contribution in [0.4, 0.5) is 0 Å². The first-order valence-electron chi connectivity index (χ1n) is 38.5. The fourth-order valence-corrected chi connectivity index (χ4v) is 15.1. The molecule has 0 aromatic heterocycles. The van der Waals surface area contributed by atoms with Crippen molar-refractivity contribution < 1.29 is 182 Å². The van der Waals surface area contributed by atoms with Crippen LogP contribution in [0.1, 0.15) is 144 Å². The number of hydrogen-bond donors (Lipinski definition) is 15. The van der Waals surface area contributed by atoms with E-state index in [1.807, 2.05) is 13.8 Å². The summed E-state index contributed by atoms with van der Waals surface area (Å²) in [5, 5.41) is 103. The summed E-state index contributed by atoms with van der Waals surface area (Å²) in [5.41, 5.74) is -1.43. The van der Waals surface area contributed by atoms with Gasteiger partial charge in [-0.05, 0) is 93.0 Å². The smallest absolute Gasteiger partial charge is 0.396 e. The molecule has 111 heavy (non-hydrogen) atoms. The number of aliphatic hydroxyl groups excluding tert-OH is 10. The van der Waals surface area contributed by atoms with Crippen LogP contribution < -0.4 is 5.32 Å². The first-order valence-corrected chi connectivity index (χ1v) is 45.9. The van der Waals surface area contributed by atoms with E-state index < -0.39 is 160 Å². The van der Waals surface area contributed by atoms with E-state index in [2.05, 4.69) is 13.8 Å². The van der Waals surface area contributed by atoms with Gasteiger partial charge in [0.15, 0.2) is 18.9 Å². The summed E-state index contributed by atoms with van der Waals surface area (Å²) in [6.45, 7) is 6.05. The van der Waals surface area contributed by atoms with Crippen LogP contribution in [0.5, 0.6) is 0 Å². The Morgan fingerprint density at radius 1 is 0.405 bits per heavy atom. The van der Waals surface area contributed by atoms with Gasteiger partial charge in [-0.2, -0.15) is 0 Å². The number of phosphoric acid groups is 3. The fraction of sp³-hybridized carbons (Fsp3) is 0.985. The number of phosphoric ester groups is 3. The highest BCUT2D eigenvalue weighted by atomic mass is 31.8. The molecule has 44 heteroatoms. The number of nitrogens with one attached hydrogen (secondary N) is 1. The third kappa shape index (κ3) is 45.7. The van der Waals surface area contributed by atoms with Gasteiger partial charge in [0, 0.05) is 84.1 Å². The third-order valence-corrected chi connectivity index (χ3v) is 22.6. The second-order valence-corrected chi connectivity index (χ2v) is 35.6. The molecular weight excluding hydrogens is 1580 g/mol. The molecule has 3 saturated heterocycles. The maximum atomic E-state index is 13.6. The zero-order chi connectivity index (χ0) is 82.1. The predicted octanol–water partition coefficient (Wildman–Crippen LogP) is 3.11. The van der Waals surface area contributed by atoms with Crippen molar-refractivity contribution in [3.63, 3.8) is 0 Å². The second kappa shape index (κ2) is 59.3. The van der Waals surface area contributed by atoms with Crippen molar-refractivity contribution >= 4 is 45.1 Å². The van der Waals surface area contributed by atoms with Gasteiger partial charge < -0.3 is 142 Å². The Morgan fingerprint density at radius 3 is 1.09 bits per heavy atom. The lowest BCUT2D eigenvalue weighted by Crippen LogP contribution is -2.64. The third-order valence-electron chi connectivity index (χ3n) is 17.7. The van der Waals surface area contributed by atoms with Crippen LogP contribution in [-0.4, -0.2) is 334 Å². The summed E-state index contributed by atoms with van der Waals surface area (Å²) in [6.07, 6.45) is -5.53. The molecule has 39 nitrogen and oxygen atoms in total. The minimum Gasteiger partial charge on any atom is -0.396 e. The topological polar surface area (TPSA) is 548 Å². The molecule has 3 rings (SSSR count). The zero-order valence-electron chi connectivity index (χ0n) is 65.1. The van der Waals surface area contributed by atoms with Crippen LogP contribution >= 0.6 is 39.2 Å². The molecule has 0 aromatic rings. The van der Waals surface area contributed by atoms with Crippen LogP contribution in [0.3, 0.4) is 0 Å². The van der Waals surface area contributed by atoms with Crippen LogP contribution in [-0.2, 0) is 112 Å². The van der Waals surface area contributed by atoms with Gasteiger partial charge in [0.1, 0.15) is 48.8 Å². The second-order valence-electron chi connectivity index (χ2n) is 28.0. The summed E-state index contributed by atoms with van der Waals surface area (Å²) < 4.78 is 151. The average Bonchev–Trinajstić information content (AvgIpc) is 0.840. The van der Waals surface area contributed by atoms with E-state index in [9.17, 15) is 89.1 Å². The maximum Gasteiger partial charge on any atom is 0.472 e. The molecule has 3 fully saturated rings. The Bertz CT molecular complexity index is 2480. The Labute approximate surface area is 654 Å². The number of aliphatic hydroxyl groups is 10. The van der Waals surface area contributed by atoms with E-state index in [1.54, 1.807) is 13.8 Å². The van der Waals surface area contributed by atoms with E-state index in [0.717, 1.165) is 6.42 Å². The van der Waals surface area contributed by atoms with Crippen LogP contribution in [0.2, 0.25) is 0 Å². The molecule has 3 heterocycles. The maximum absolute atomic E-state index is 13.6. The van der Waals surface area contributed by atoms with Gasteiger partial charge in [-0.25, -0.2) is 13.7 Å². The Hall–Kier alpha value is -0.470. The lowest BCUT2D eigenvalue weighted by molar-refractivity contribution is -0.282. The quantitative estimate of drug-likeness (QED) is 0.0307. The Morgan fingerprint density at radius 2 is 0.721 bits per heavy atom. The molecule has 0 aliphatic carbocycles. The summed E-state index contributed by atoms with van der Waals surface area (Å²) >= 11 is 0. The molecule has 0 bridgehead atoms. The van der Waals surface area contributed by atoms with Gasteiger partial charge in [0.2, 0.25) is 5.91 Å². The number of ether oxygens (including phenoxy) is 12. The van der Waals surface area contributed by atoms with Crippen molar-refractivity contribution in [3.05, 3.63) is 0 Å². The van der Waals surface area contributed by atoms with Crippen molar-refractivity contribution in [3.8, 4) is 0 Å². The van der Waals surface area contributed by atoms with E-state index in [1.165, 1.54) is 6.92 Å². The van der Waals surface area contributed by atoms with Gasteiger partial charge >= 0.3 is 23.5 Å². The number of unbranched alkanes of at least 4 members (excludes halogenated alkanes) is 9. The SMILES string of the molecule is CC(=O)NC1[C@H](OCCCCCCOP(=O)(O)OCCCOCC(COCCCOP(=O)(O)OCCCCCCO[C@@H]2OC(CO)[C@H](O)[C@H](O)C2C)(COCCCOP(O)(=P)OCCCCCCO[C@@H]2OC(CO)[C@H](O)[C@H](O)C2C)COP(=O)(O)OCCCOCC(CO)COCCCOC(C)C)OC(CO)[C@H](O)[C@@H]1O. The van der Waals surface area contributed by atoms with E-state index in [-0.39, 0.29) is 163 Å². The highest BCUT2D eigenvalue weighted by molar-refractivity contribution is 7.88. The first-order chi connectivity index (χ1) is 52.8. The van der Waals surface area contributed by atoms with Crippen molar-refractivity contribution in [2.75, 3.05) is 172 Å². The van der Waals surface area contributed by atoms with Gasteiger partial charge in [0.05, 0.1) is 136 Å². The standard InChI is InChI=1S/C67H134NO38P5/c1-49(2)92-31-18-23-87-43-53(39-69)44-88-24-19-35-100-110(84,85)103-48-67(45-89-25-20-36-98-108(80,81)96-32-15-9-6-12-28-93-64-50(3)58(74)60(76)54(40-70)104-64,47-91-27-22-38-102-111(86,107)101-34-17-11-8-13-29-94-65-51(4)59(75)61(77)55(41-71)105-65)46-90-26-21-37-99-109(82,83)97-33-16-10-7-14-30-95-66-57(68-52(5)73)63(79)62(78)56(42-72)106-66/h49-51,53-66,69-72,74-79,86,107H,6-48H2,1-5H3,(H,68,73)(H,80,81)(H,82,83)(H,84,85)/t50?,51?,53?,54?,55?,56?,57?,58-,59-,60+,61+,62+,63-,64-,65-,66-,67?,111?/m1/s1. The van der Waals surface area contributed by atoms with Crippen molar-refractivity contribution in [1.82, 2.24) is 5.32 Å². The van der Waals surface area contributed by atoms with E-state index >= 15 is 0 Å². The number of carbonyl (C=O) groups excluding carboxylic acids is 1. The lowest BCUT2D eigenvalue weighted by atomic mass is 9.92. The molecule has 3 aliphatic heterocycles. The first kappa shape index (κ1) is 105. The van der Waals surface area contributed by atoms with Crippen molar-refractivity contribution in [2.45, 2.75) is 230 Å². The summed E-state index contributed by atoms with van der Waals surface area (Å²) in [7, 11) is -14.2. The van der Waals surface area contributed by atoms with Gasteiger partial charge in [0.25, 0.3) is 7.23 Å². The fourth-order valence-electron chi connectivity index (χ4n) is 11.2. The van der Waals surface area contributed by atoms with Crippen molar-refractivity contribution in [1.29, 1.82) is 0 Å². The van der Waals surface area contributed by atoms with Gasteiger partial charge in [-0.1, -0.05) is 52.4 Å². The molecule has 1 amide bonds. The average molecular weight is 1720 g/mol. The summed E-state index contributed by atoms with van der Waals surface area (Å²) in [5.74, 6) is -1.87. The number of hydrogen-bond acceptors (Lipinski definition) is 34. The minimum atomic E-state index is -4.85. The van der Waals surface area contributed by atoms with Gasteiger partial charge in [-0.3, -0.25) is 31.9 Å². The molecule has 12 unspecified atom stereocenters. The Balaban J connectivity index is 1.61. The number of amides is 1. The molecule has 0 saturated carbocycles. The molecule has 0 spiro atoms. The van der Waals surface area contributed by atoms with Crippen molar-refractivity contribution in [2.24, 2.45) is 23.2 Å². The minimum absolute atomic E-state index is 0.0191. The number of carbonyl (C=O) groups is 1. The normalized spacial score (nSPS) is 27.6. The lowest BCUT2D eigenvalue weighted by Gasteiger charge is -2.42. The molecule has 0 radical (unpaired) electrons. The molecule has 660 valence electrons. The molecule has 21 atom stereocenters. The summed E-state index contributed by atoms with van der Waals surface area (Å²) in [6, 6.07) is -1.09. The summed E-state index contributed by atoms with van der Waals surface area (Å²) in [4.78, 5) is 54.6. The van der Waals surface area contributed by atoms with Gasteiger partial charge in [-0.15, -0.1) is 0 Å². The highest BCUT2D eigenvalue weighted by Crippen LogP contribution is 2.50. The molecule has 15 N–H and O–H groups in total. The zero-order valence-corrected chi connectivity index (χ0v) is 69.6. The monoisotopic (exact) mass is 1720 g/mol. The van der Waals surface area contributed by atoms with E-state index in [0.29, 0.717) is 96.9 Å². The molecule has 3 aliphatic rings. The van der Waals surface area contributed by atoms with Crippen LogP contribution in [0.25, 0.3) is 0 Å². The van der Waals surface area contributed by atoms with E-state index in [4.69, 9.17) is 93.0 Å².